The van der Waals surface area contributed by atoms with Crippen LogP contribution < -0.4 is 5.48 Å². The van der Waals surface area contributed by atoms with Gasteiger partial charge in [0.25, 0.3) is 5.91 Å². The summed E-state index contributed by atoms with van der Waals surface area (Å²) in [5.74, 6) is 0.249. The van der Waals surface area contributed by atoms with Crippen molar-refractivity contribution in [2.75, 3.05) is 14.1 Å². The molecule has 4 aromatic rings. The molecule has 1 aliphatic rings. The third-order valence-corrected chi connectivity index (χ3v) is 6.24. The van der Waals surface area contributed by atoms with Gasteiger partial charge in [-0.1, -0.05) is 12.1 Å². The molecule has 0 aliphatic heterocycles. The molecule has 0 radical (unpaired) electrons. The van der Waals surface area contributed by atoms with E-state index in [1.807, 2.05) is 31.3 Å². The van der Waals surface area contributed by atoms with Crippen molar-refractivity contribution in [1.29, 1.82) is 0 Å². The zero-order valence-corrected chi connectivity index (χ0v) is 18.9. The molecule has 5 rings (SSSR count). The van der Waals surface area contributed by atoms with Gasteiger partial charge in [-0.3, -0.25) is 14.4 Å². The standard InChI is InChI=1S/C25H26N6O2/c1-16-22(31-13-9-17(15-30(2)3)14-21(31)27-16)20-8-12-26-24(28-20)25(10-11-25)19-6-4-18(5-7-19)23(32)29-33/h4-9,12-14,33H,10-11,15H2,1-3H3,(H,29,32). The molecule has 2 N–H and O–H groups in total. The van der Waals surface area contributed by atoms with Crippen LogP contribution in [0.15, 0.2) is 54.9 Å². The van der Waals surface area contributed by atoms with E-state index < -0.39 is 5.91 Å². The number of amides is 1. The number of carbonyl (C=O) groups is 1. The molecule has 1 aromatic carbocycles. The lowest BCUT2D eigenvalue weighted by molar-refractivity contribution is 0.0706. The lowest BCUT2D eigenvalue weighted by Gasteiger charge is -2.16. The lowest BCUT2D eigenvalue weighted by Crippen LogP contribution is -2.19. The van der Waals surface area contributed by atoms with Crippen molar-refractivity contribution in [3.8, 4) is 11.4 Å². The first-order chi connectivity index (χ1) is 15.9. The Morgan fingerprint density at radius 1 is 1.15 bits per heavy atom. The summed E-state index contributed by atoms with van der Waals surface area (Å²) in [5.41, 5.74) is 7.73. The molecule has 0 saturated heterocycles. The topological polar surface area (TPSA) is 95.7 Å². The van der Waals surface area contributed by atoms with Gasteiger partial charge in [-0.25, -0.2) is 20.4 Å². The third-order valence-electron chi connectivity index (χ3n) is 6.24. The van der Waals surface area contributed by atoms with Crippen molar-refractivity contribution in [3.63, 3.8) is 0 Å². The average molecular weight is 443 g/mol. The summed E-state index contributed by atoms with van der Waals surface area (Å²) in [6.07, 6.45) is 5.76. The fourth-order valence-electron chi connectivity index (χ4n) is 4.47. The summed E-state index contributed by atoms with van der Waals surface area (Å²) in [7, 11) is 4.11. The third kappa shape index (κ3) is 3.77. The number of aromatic nitrogens is 4. The smallest absolute Gasteiger partial charge is 0.274 e. The minimum atomic E-state index is -0.526. The highest BCUT2D eigenvalue weighted by Gasteiger charge is 2.48. The highest BCUT2D eigenvalue weighted by Crippen LogP contribution is 2.52. The van der Waals surface area contributed by atoms with Crippen molar-refractivity contribution >= 4 is 11.6 Å². The van der Waals surface area contributed by atoms with E-state index in [2.05, 4.69) is 46.7 Å². The predicted octanol–water partition coefficient (Wildman–Crippen LogP) is 3.36. The molecule has 1 fully saturated rings. The number of nitrogens with one attached hydrogen (secondary N) is 1. The van der Waals surface area contributed by atoms with E-state index >= 15 is 0 Å². The molecular formula is C25H26N6O2. The number of hydroxylamine groups is 1. The fourth-order valence-corrected chi connectivity index (χ4v) is 4.47. The van der Waals surface area contributed by atoms with E-state index in [4.69, 9.17) is 15.2 Å². The van der Waals surface area contributed by atoms with Gasteiger partial charge in [0.15, 0.2) is 0 Å². The largest absolute Gasteiger partial charge is 0.305 e. The van der Waals surface area contributed by atoms with E-state index in [0.717, 1.165) is 53.5 Å². The molecule has 0 unspecified atom stereocenters. The monoisotopic (exact) mass is 442 g/mol. The second-order valence-electron chi connectivity index (χ2n) is 8.91. The van der Waals surface area contributed by atoms with Crippen molar-refractivity contribution in [2.45, 2.75) is 31.7 Å². The van der Waals surface area contributed by atoms with Crippen LogP contribution in [-0.2, 0) is 12.0 Å². The van der Waals surface area contributed by atoms with E-state index in [0.29, 0.717) is 5.56 Å². The van der Waals surface area contributed by atoms with Crippen molar-refractivity contribution < 1.29 is 10.0 Å². The van der Waals surface area contributed by atoms with Gasteiger partial charge < -0.3 is 4.90 Å². The number of fused-ring (bicyclic) bond motifs is 1. The molecule has 3 aromatic heterocycles. The van der Waals surface area contributed by atoms with Crippen molar-refractivity contribution in [3.05, 3.63) is 83.1 Å². The summed E-state index contributed by atoms with van der Waals surface area (Å²) >= 11 is 0. The van der Waals surface area contributed by atoms with Crippen LogP contribution >= 0.6 is 0 Å². The number of carbonyl (C=O) groups excluding carboxylic acids is 1. The summed E-state index contributed by atoms with van der Waals surface area (Å²) in [6.45, 7) is 2.87. The first kappa shape index (κ1) is 21.2. The van der Waals surface area contributed by atoms with Crippen LogP contribution in [0.3, 0.4) is 0 Å². The van der Waals surface area contributed by atoms with Crippen LogP contribution in [0.4, 0.5) is 0 Å². The van der Waals surface area contributed by atoms with Crippen molar-refractivity contribution in [2.24, 2.45) is 0 Å². The van der Waals surface area contributed by atoms with Crippen molar-refractivity contribution in [1.82, 2.24) is 29.7 Å². The van der Waals surface area contributed by atoms with E-state index in [1.54, 1.807) is 17.6 Å². The van der Waals surface area contributed by atoms with Crippen LogP contribution in [0, 0.1) is 6.92 Å². The quantitative estimate of drug-likeness (QED) is 0.351. The number of aryl methyl sites for hydroxylation is 1. The van der Waals surface area contributed by atoms with Gasteiger partial charge in [0, 0.05) is 24.5 Å². The van der Waals surface area contributed by atoms with Crippen LogP contribution in [0.2, 0.25) is 0 Å². The number of benzene rings is 1. The first-order valence-corrected chi connectivity index (χ1v) is 10.9. The Morgan fingerprint density at radius 3 is 2.58 bits per heavy atom. The Bertz CT molecular complexity index is 1340. The average Bonchev–Trinajstić information content (AvgIpc) is 3.56. The van der Waals surface area contributed by atoms with Gasteiger partial charge in [0.2, 0.25) is 0 Å². The van der Waals surface area contributed by atoms with Crippen LogP contribution in [0.5, 0.6) is 0 Å². The normalized spacial score (nSPS) is 14.6. The van der Waals surface area contributed by atoms with Gasteiger partial charge in [-0.05, 0) is 75.3 Å². The molecule has 1 aliphatic carbocycles. The molecule has 0 spiro atoms. The molecule has 168 valence electrons. The molecule has 3 heterocycles. The minimum absolute atomic E-state index is 0.252. The second kappa shape index (κ2) is 8.06. The molecule has 1 saturated carbocycles. The minimum Gasteiger partial charge on any atom is -0.305 e. The molecule has 33 heavy (non-hydrogen) atoms. The lowest BCUT2D eigenvalue weighted by atomic mass is 9.93. The maximum Gasteiger partial charge on any atom is 0.274 e. The SMILES string of the molecule is Cc1nc2cc(CN(C)C)ccn2c1-c1ccnc(C2(c3ccc(C(=O)NO)cc3)CC2)n1. The number of imidazole rings is 1. The van der Waals surface area contributed by atoms with Gasteiger partial charge in [-0.2, -0.15) is 0 Å². The Labute approximate surface area is 191 Å². The van der Waals surface area contributed by atoms with E-state index in [9.17, 15) is 4.79 Å². The number of pyridine rings is 1. The highest BCUT2D eigenvalue weighted by atomic mass is 16.5. The zero-order valence-electron chi connectivity index (χ0n) is 18.9. The number of rotatable bonds is 6. The number of hydrogen-bond donors (Lipinski definition) is 2. The Balaban J connectivity index is 1.52. The Kier molecular flexibility index (Phi) is 5.19. The number of hydrogen-bond acceptors (Lipinski definition) is 6. The van der Waals surface area contributed by atoms with E-state index in [-0.39, 0.29) is 5.41 Å². The van der Waals surface area contributed by atoms with Gasteiger partial charge in [0.1, 0.15) is 11.5 Å². The molecule has 8 heteroatoms. The first-order valence-electron chi connectivity index (χ1n) is 10.9. The second-order valence-corrected chi connectivity index (χ2v) is 8.91. The summed E-state index contributed by atoms with van der Waals surface area (Å²) in [5, 5.41) is 8.85. The van der Waals surface area contributed by atoms with Crippen LogP contribution in [0.25, 0.3) is 17.0 Å². The van der Waals surface area contributed by atoms with Crippen LogP contribution in [-0.4, -0.2) is 49.5 Å². The highest BCUT2D eigenvalue weighted by molar-refractivity contribution is 5.93. The van der Waals surface area contributed by atoms with Gasteiger partial charge >= 0.3 is 0 Å². The van der Waals surface area contributed by atoms with Gasteiger partial charge in [-0.15, -0.1) is 0 Å². The van der Waals surface area contributed by atoms with Crippen LogP contribution in [0.1, 0.15) is 45.8 Å². The summed E-state index contributed by atoms with van der Waals surface area (Å²) < 4.78 is 2.09. The zero-order chi connectivity index (χ0) is 23.2. The maximum absolute atomic E-state index is 11.7. The molecular weight excluding hydrogens is 416 g/mol. The Morgan fingerprint density at radius 2 is 1.91 bits per heavy atom. The predicted molar refractivity (Wildman–Crippen MR) is 124 cm³/mol. The molecule has 0 atom stereocenters. The summed E-state index contributed by atoms with van der Waals surface area (Å²) in [6, 6.07) is 13.4. The molecule has 0 bridgehead atoms. The summed E-state index contributed by atoms with van der Waals surface area (Å²) in [4.78, 5) is 28.2. The molecule has 1 amide bonds. The fraction of sp³-hybridized carbons (Fsp3) is 0.280. The number of nitrogens with zero attached hydrogens (tertiary/aromatic N) is 5. The Hall–Kier alpha value is -3.62. The van der Waals surface area contributed by atoms with E-state index in [1.165, 1.54) is 5.56 Å². The van der Waals surface area contributed by atoms with Gasteiger partial charge in [0.05, 0.1) is 22.5 Å². The maximum atomic E-state index is 11.7. The molecule has 8 nitrogen and oxygen atoms in total.